The number of ether oxygens (including phenoxy) is 1. The van der Waals surface area contributed by atoms with Gasteiger partial charge in [-0.1, -0.05) is 61.9 Å². The molecule has 0 saturated carbocycles. The van der Waals surface area contributed by atoms with E-state index in [-0.39, 0.29) is 5.97 Å². The Balaban J connectivity index is 0.000000861. The number of benzene rings is 2. The van der Waals surface area contributed by atoms with Crippen LogP contribution in [0, 0.1) is 6.92 Å². The maximum absolute atomic E-state index is 11.7. The fraction of sp³-hybridized carbons (Fsp3) is 0.235. The third kappa shape index (κ3) is 3.68. The number of aryl methyl sites for hydroxylation is 1. The molecule has 0 fully saturated rings. The van der Waals surface area contributed by atoms with Crippen LogP contribution in [-0.2, 0) is 4.74 Å². The zero-order valence-corrected chi connectivity index (χ0v) is 11.9. The van der Waals surface area contributed by atoms with Gasteiger partial charge in [0.15, 0.2) is 0 Å². The fourth-order valence-electron chi connectivity index (χ4n) is 1.76. The Hall–Kier alpha value is -2.09. The molecule has 0 aliphatic carbocycles. The molecule has 0 aromatic heterocycles. The van der Waals surface area contributed by atoms with Crippen molar-refractivity contribution >= 4 is 5.97 Å². The summed E-state index contributed by atoms with van der Waals surface area (Å²) in [6.07, 6.45) is 0. The van der Waals surface area contributed by atoms with Crippen molar-refractivity contribution in [3.05, 3.63) is 59.7 Å². The third-order valence-corrected chi connectivity index (χ3v) is 2.69. The van der Waals surface area contributed by atoms with Crippen LogP contribution in [0.5, 0.6) is 0 Å². The van der Waals surface area contributed by atoms with E-state index in [1.165, 1.54) is 12.7 Å². The summed E-state index contributed by atoms with van der Waals surface area (Å²) in [5.41, 5.74) is 3.72. The van der Waals surface area contributed by atoms with Crippen molar-refractivity contribution in [3.63, 3.8) is 0 Å². The fourth-order valence-corrected chi connectivity index (χ4v) is 1.76. The summed E-state index contributed by atoms with van der Waals surface area (Å²) in [5, 5.41) is 0. The maximum atomic E-state index is 11.7. The van der Waals surface area contributed by atoms with E-state index in [4.69, 9.17) is 4.74 Å². The first-order chi connectivity index (χ1) is 9.22. The lowest BCUT2D eigenvalue weighted by Crippen LogP contribution is -2.03. The highest BCUT2D eigenvalue weighted by molar-refractivity contribution is 5.97. The first kappa shape index (κ1) is 15.0. The van der Waals surface area contributed by atoms with Gasteiger partial charge in [0.05, 0.1) is 12.7 Å². The predicted molar refractivity (Wildman–Crippen MR) is 79.3 cm³/mol. The van der Waals surface area contributed by atoms with Crippen LogP contribution in [-0.4, -0.2) is 13.1 Å². The first-order valence-corrected chi connectivity index (χ1v) is 6.47. The van der Waals surface area contributed by atoms with E-state index in [9.17, 15) is 4.79 Å². The average molecular weight is 256 g/mol. The van der Waals surface area contributed by atoms with Crippen molar-refractivity contribution in [2.24, 2.45) is 0 Å². The Morgan fingerprint density at radius 3 is 2.11 bits per heavy atom. The van der Waals surface area contributed by atoms with Gasteiger partial charge in [-0.15, -0.1) is 0 Å². The summed E-state index contributed by atoms with van der Waals surface area (Å²) in [4.78, 5) is 11.7. The van der Waals surface area contributed by atoms with Crippen molar-refractivity contribution in [3.8, 4) is 11.1 Å². The number of rotatable bonds is 2. The van der Waals surface area contributed by atoms with E-state index in [0.29, 0.717) is 5.56 Å². The lowest BCUT2D eigenvalue weighted by molar-refractivity contribution is 0.0601. The van der Waals surface area contributed by atoms with Gasteiger partial charge in [0, 0.05) is 0 Å². The molecule has 0 aliphatic rings. The molecule has 0 radical (unpaired) electrons. The van der Waals surface area contributed by atoms with Gasteiger partial charge in [-0.05, 0) is 24.1 Å². The Morgan fingerprint density at radius 2 is 1.53 bits per heavy atom. The highest BCUT2D eigenvalue weighted by Gasteiger charge is 2.11. The minimum atomic E-state index is -0.304. The van der Waals surface area contributed by atoms with Crippen molar-refractivity contribution in [2.75, 3.05) is 7.11 Å². The number of hydrogen-bond acceptors (Lipinski definition) is 2. The van der Waals surface area contributed by atoms with Crippen molar-refractivity contribution in [1.82, 2.24) is 0 Å². The van der Waals surface area contributed by atoms with E-state index >= 15 is 0 Å². The van der Waals surface area contributed by atoms with Gasteiger partial charge < -0.3 is 4.74 Å². The molecule has 0 heterocycles. The van der Waals surface area contributed by atoms with Crippen molar-refractivity contribution in [1.29, 1.82) is 0 Å². The lowest BCUT2D eigenvalue weighted by atomic mass is 9.99. The van der Waals surface area contributed by atoms with E-state index in [1.54, 1.807) is 6.07 Å². The molecule has 2 rings (SSSR count). The van der Waals surface area contributed by atoms with Gasteiger partial charge in [0.2, 0.25) is 0 Å². The van der Waals surface area contributed by atoms with Crippen LogP contribution in [0.3, 0.4) is 0 Å². The van der Waals surface area contributed by atoms with Gasteiger partial charge in [0.25, 0.3) is 0 Å². The molecule has 0 spiro atoms. The van der Waals surface area contributed by atoms with Gasteiger partial charge in [-0.25, -0.2) is 4.79 Å². The minimum Gasteiger partial charge on any atom is -0.465 e. The largest absolute Gasteiger partial charge is 0.465 e. The molecule has 0 unspecified atom stereocenters. The van der Waals surface area contributed by atoms with E-state index in [1.807, 2.05) is 63.2 Å². The SMILES string of the molecule is CC.COC(=O)c1ccccc1-c1ccc(C)cc1. The van der Waals surface area contributed by atoms with Crippen LogP contribution in [0.1, 0.15) is 29.8 Å². The van der Waals surface area contributed by atoms with Crippen molar-refractivity contribution in [2.45, 2.75) is 20.8 Å². The molecular weight excluding hydrogens is 236 g/mol. The number of hydrogen-bond donors (Lipinski definition) is 0. The molecule has 2 nitrogen and oxygen atoms in total. The molecule has 0 bridgehead atoms. The van der Waals surface area contributed by atoms with E-state index in [2.05, 4.69) is 0 Å². The molecule has 0 atom stereocenters. The van der Waals surface area contributed by atoms with Crippen molar-refractivity contribution < 1.29 is 9.53 Å². The summed E-state index contributed by atoms with van der Waals surface area (Å²) in [6, 6.07) is 15.5. The summed E-state index contributed by atoms with van der Waals surface area (Å²) in [5.74, 6) is -0.304. The molecule has 2 heteroatoms. The lowest BCUT2D eigenvalue weighted by Gasteiger charge is -2.08. The Labute approximate surface area is 115 Å². The normalized spacial score (nSPS) is 9.26. The van der Waals surface area contributed by atoms with Crippen LogP contribution < -0.4 is 0 Å². The van der Waals surface area contributed by atoms with Crippen LogP contribution in [0.25, 0.3) is 11.1 Å². The Bertz CT molecular complexity index is 527. The van der Waals surface area contributed by atoms with Gasteiger partial charge in [0.1, 0.15) is 0 Å². The monoisotopic (exact) mass is 256 g/mol. The first-order valence-electron chi connectivity index (χ1n) is 6.47. The average Bonchev–Trinajstić information content (AvgIpc) is 2.49. The summed E-state index contributed by atoms with van der Waals surface area (Å²) in [6.45, 7) is 6.04. The smallest absolute Gasteiger partial charge is 0.338 e. The minimum absolute atomic E-state index is 0.304. The quantitative estimate of drug-likeness (QED) is 0.741. The molecule has 0 saturated heterocycles. The number of carbonyl (C=O) groups is 1. The number of methoxy groups -OCH3 is 1. The summed E-state index contributed by atoms with van der Waals surface area (Å²) in [7, 11) is 1.40. The summed E-state index contributed by atoms with van der Waals surface area (Å²) >= 11 is 0. The molecule has 0 aliphatic heterocycles. The number of esters is 1. The second-order valence-electron chi connectivity index (χ2n) is 3.90. The van der Waals surface area contributed by atoms with Crippen LogP contribution in [0.4, 0.5) is 0 Å². The highest BCUT2D eigenvalue weighted by atomic mass is 16.5. The topological polar surface area (TPSA) is 26.3 Å². The Morgan fingerprint density at radius 1 is 0.947 bits per heavy atom. The number of carbonyl (C=O) groups excluding carboxylic acids is 1. The molecule has 0 amide bonds. The third-order valence-electron chi connectivity index (χ3n) is 2.69. The zero-order chi connectivity index (χ0) is 14.3. The molecule has 2 aromatic rings. The summed E-state index contributed by atoms with van der Waals surface area (Å²) < 4.78 is 4.78. The van der Waals surface area contributed by atoms with Crippen LogP contribution in [0.2, 0.25) is 0 Å². The molecular formula is C17H20O2. The second-order valence-corrected chi connectivity index (χ2v) is 3.90. The standard InChI is InChI=1S/C15H14O2.C2H6/c1-11-7-9-12(10-8-11)13-5-3-4-6-14(13)15(16)17-2;1-2/h3-10H,1-2H3;1-2H3. The molecule has 2 aromatic carbocycles. The second kappa shape index (κ2) is 7.37. The Kier molecular flexibility index (Phi) is 5.80. The van der Waals surface area contributed by atoms with Crippen LogP contribution >= 0.6 is 0 Å². The predicted octanol–water partition coefficient (Wildman–Crippen LogP) is 4.47. The maximum Gasteiger partial charge on any atom is 0.338 e. The van der Waals surface area contributed by atoms with Gasteiger partial charge in [-0.2, -0.15) is 0 Å². The molecule has 19 heavy (non-hydrogen) atoms. The van der Waals surface area contributed by atoms with Gasteiger partial charge >= 0.3 is 5.97 Å². The van der Waals surface area contributed by atoms with E-state index < -0.39 is 0 Å². The van der Waals surface area contributed by atoms with Gasteiger partial charge in [-0.3, -0.25) is 0 Å². The zero-order valence-electron chi connectivity index (χ0n) is 11.9. The highest BCUT2D eigenvalue weighted by Crippen LogP contribution is 2.24. The van der Waals surface area contributed by atoms with E-state index in [0.717, 1.165) is 11.1 Å². The molecule has 0 N–H and O–H groups in total. The van der Waals surface area contributed by atoms with Crippen LogP contribution in [0.15, 0.2) is 48.5 Å². The molecule has 100 valence electrons.